The Labute approximate surface area is 116 Å². The summed E-state index contributed by atoms with van der Waals surface area (Å²) in [5.74, 6) is -0.0974. The van der Waals surface area contributed by atoms with Crippen LogP contribution in [0, 0.1) is 10.6 Å². The number of halogens is 1. The van der Waals surface area contributed by atoms with Crippen molar-refractivity contribution < 1.29 is 9.64 Å². The predicted molar refractivity (Wildman–Crippen MR) is 74.1 cm³/mol. The monoisotopic (exact) mass is 278 g/mol. The summed E-state index contributed by atoms with van der Waals surface area (Å²) in [6.45, 7) is 1.77. The van der Waals surface area contributed by atoms with Crippen molar-refractivity contribution in [2.45, 2.75) is 32.6 Å². The Morgan fingerprint density at radius 2 is 1.84 bits per heavy atom. The third-order valence-corrected chi connectivity index (χ3v) is 4.54. The number of amides is 1. The zero-order valence-corrected chi connectivity index (χ0v) is 11.5. The van der Waals surface area contributed by atoms with Crippen molar-refractivity contribution in [3.8, 4) is 0 Å². The molecule has 0 bridgehead atoms. The summed E-state index contributed by atoms with van der Waals surface area (Å²) >= 11 is 5.84. The Kier molecular flexibility index (Phi) is 2.78. The second-order valence-corrected chi connectivity index (χ2v) is 5.68. The number of carbonyl (C=O) groups excluding carboxylic acids is 1. The summed E-state index contributed by atoms with van der Waals surface area (Å²) in [5, 5.41) is 14.1. The number of hydrazine groups is 1. The first kappa shape index (κ1) is 12.5. The second-order valence-electron chi connectivity index (χ2n) is 5.24. The highest BCUT2D eigenvalue weighted by molar-refractivity contribution is 6.30. The molecular weight excluding hydrogens is 264 g/mol. The van der Waals surface area contributed by atoms with Crippen LogP contribution < -0.4 is 5.01 Å². The molecule has 5 heteroatoms. The van der Waals surface area contributed by atoms with E-state index in [-0.39, 0.29) is 5.91 Å². The molecule has 1 spiro atoms. The molecule has 1 aliphatic heterocycles. The van der Waals surface area contributed by atoms with Crippen LogP contribution in [0.3, 0.4) is 0 Å². The zero-order valence-electron chi connectivity index (χ0n) is 10.7. The number of rotatable bonds is 1. The van der Waals surface area contributed by atoms with E-state index >= 15 is 0 Å². The minimum absolute atomic E-state index is 0.0974. The molecule has 19 heavy (non-hydrogen) atoms. The topological polar surface area (TPSA) is 46.4 Å². The molecule has 1 saturated carbocycles. The van der Waals surface area contributed by atoms with Crippen molar-refractivity contribution in [3.63, 3.8) is 0 Å². The standard InChI is InChI=1S/C14H15ClN2O2/c1-10-14(8-2-3-9-14)13(18)16(17(10)19)12-6-4-11(15)5-7-12/h4-7H,2-3,8-9H2,1H3. The Morgan fingerprint density at radius 3 is 2.42 bits per heavy atom. The number of nitrogens with zero attached hydrogens (tertiary/aromatic N) is 2. The van der Waals surface area contributed by atoms with Crippen LogP contribution in [0.4, 0.5) is 5.69 Å². The van der Waals surface area contributed by atoms with Crippen molar-refractivity contribution in [1.82, 2.24) is 0 Å². The highest BCUT2D eigenvalue weighted by Crippen LogP contribution is 2.45. The first-order chi connectivity index (χ1) is 9.06. The minimum atomic E-state index is -0.568. The summed E-state index contributed by atoms with van der Waals surface area (Å²) in [4.78, 5) is 13.4. The van der Waals surface area contributed by atoms with Gasteiger partial charge in [-0.2, -0.15) is 0 Å². The van der Waals surface area contributed by atoms with Gasteiger partial charge in [-0.05, 0) is 37.1 Å². The van der Waals surface area contributed by atoms with E-state index in [4.69, 9.17) is 11.6 Å². The number of hydrogen-bond donors (Lipinski definition) is 0. The van der Waals surface area contributed by atoms with Crippen LogP contribution >= 0.6 is 11.6 Å². The third kappa shape index (κ3) is 1.66. The van der Waals surface area contributed by atoms with E-state index in [1.54, 1.807) is 31.2 Å². The molecule has 100 valence electrons. The summed E-state index contributed by atoms with van der Waals surface area (Å²) in [5.41, 5.74) is 0.624. The molecule has 0 N–H and O–H groups in total. The van der Waals surface area contributed by atoms with Gasteiger partial charge in [0.1, 0.15) is 11.1 Å². The van der Waals surface area contributed by atoms with E-state index < -0.39 is 5.41 Å². The molecule has 2 aliphatic rings. The Balaban J connectivity index is 2.04. The van der Waals surface area contributed by atoms with Gasteiger partial charge in [0.15, 0.2) is 0 Å². The van der Waals surface area contributed by atoms with Gasteiger partial charge in [0.25, 0.3) is 0 Å². The molecule has 1 amide bonds. The fourth-order valence-electron chi connectivity index (χ4n) is 3.13. The Bertz CT molecular complexity index is 559. The first-order valence-corrected chi connectivity index (χ1v) is 6.85. The summed E-state index contributed by atoms with van der Waals surface area (Å²) in [7, 11) is 0. The average Bonchev–Trinajstić information content (AvgIpc) is 2.96. The number of carbonyl (C=O) groups is 1. The maximum atomic E-state index is 12.7. The smallest absolute Gasteiger partial charge is 0.301 e. The summed E-state index contributed by atoms with van der Waals surface area (Å²) < 4.78 is 0. The van der Waals surface area contributed by atoms with E-state index in [0.717, 1.165) is 30.5 Å². The number of anilines is 1. The molecule has 0 saturated heterocycles. The largest absolute Gasteiger partial charge is 0.596 e. The third-order valence-electron chi connectivity index (χ3n) is 4.29. The fourth-order valence-corrected chi connectivity index (χ4v) is 3.26. The van der Waals surface area contributed by atoms with Crippen LogP contribution in [0.1, 0.15) is 32.6 Å². The van der Waals surface area contributed by atoms with Crippen molar-refractivity contribution in [3.05, 3.63) is 34.5 Å². The molecule has 1 heterocycles. The van der Waals surface area contributed by atoms with Crippen LogP contribution in [0.25, 0.3) is 0 Å². The van der Waals surface area contributed by atoms with Crippen molar-refractivity contribution in [1.29, 1.82) is 0 Å². The average molecular weight is 279 g/mol. The number of hydrogen-bond acceptors (Lipinski definition) is 2. The lowest BCUT2D eigenvalue weighted by atomic mass is 9.81. The van der Waals surface area contributed by atoms with Gasteiger partial charge in [-0.25, -0.2) is 0 Å². The molecule has 1 fully saturated rings. The minimum Gasteiger partial charge on any atom is -0.596 e. The normalized spacial score (nSPS) is 21.8. The lowest BCUT2D eigenvalue weighted by molar-refractivity contribution is -0.456. The highest BCUT2D eigenvalue weighted by Gasteiger charge is 2.58. The molecule has 0 radical (unpaired) electrons. The van der Waals surface area contributed by atoms with Gasteiger partial charge in [0.05, 0.1) is 0 Å². The van der Waals surface area contributed by atoms with Gasteiger partial charge < -0.3 is 5.21 Å². The molecule has 0 unspecified atom stereocenters. The molecule has 4 nitrogen and oxygen atoms in total. The zero-order chi connectivity index (χ0) is 13.6. The summed E-state index contributed by atoms with van der Waals surface area (Å²) in [6.07, 6.45) is 3.57. The Morgan fingerprint density at radius 1 is 1.26 bits per heavy atom. The molecule has 1 aromatic carbocycles. The van der Waals surface area contributed by atoms with Crippen LogP contribution in [0.15, 0.2) is 24.3 Å². The van der Waals surface area contributed by atoms with Gasteiger partial charge in [0.2, 0.25) is 5.71 Å². The second kappa shape index (κ2) is 4.23. The molecule has 0 atom stereocenters. The van der Waals surface area contributed by atoms with Gasteiger partial charge in [-0.15, -0.1) is 0 Å². The molecule has 3 rings (SSSR count). The highest BCUT2D eigenvalue weighted by atomic mass is 35.5. The maximum absolute atomic E-state index is 12.7. The van der Waals surface area contributed by atoms with Crippen LogP contribution in [0.2, 0.25) is 5.02 Å². The quantitative estimate of drug-likeness (QED) is 0.585. The van der Waals surface area contributed by atoms with Gasteiger partial charge in [-0.3, -0.25) is 4.79 Å². The lowest BCUT2D eigenvalue weighted by Crippen LogP contribution is -2.38. The van der Waals surface area contributed by atoms with E-state index in [1.807, 2.05) is 0 Å². The summed E-state index contributed by atoms with van der Waals surface area (Å²) in [6, 6.07) is 6.78. The van der Waals surface area contributed by atoms with E-state index in [0.29, 0.717) is 16.4 Å². The maximum Gasteiger partial charge on any atom is 0.301 e. The van der Waals surface area contributed by atoms with Gasteiger partial charge in [0, 0.05) is 11.9 Å². The van der Waals surface area contributed by atoms with E-state index in [9.17, 15) is 10.0 Å². The van der Waals surface area contributed by atoms with Crippen LogP contribution in [0.5, 0.6) is 0 Å². The van der Waals surface area contributed by atoms with Gasteiger partial charge >= 0.3 is 5.91 Å². The van der Waals surface area contributed by atoms with Crippen molar-refractivity contribution in [2.75, 3.05) is 5.01 Å². The molecule has 1 aliphatic carbocycles. The van der Waals surface area contributed by atoms with Crippen LogP contribution in [-0.2, 0) is 4.79 Å². The Hall–Kier alpha value is -1.55. The molecular formula is C14H15ClN2O2. The van der Waals surface area contributed by atoms with E-state index in [2.05, 4.69) is 0 Å². The van der Waals surface area contributed by atoms with Crippen LogP contribution in [-0.4, -0.2) is 16.5 Å². The fraction of sp³-hybridized carbons (Fsp3) is 0.429. The van der Waals surface area contributed by atoms with Gasteiger partial charge in [-0.1, -0.05) is 34.3 Å². The first-order valence-electron chi connectivity index (χ1n) is 6.47. The lowest BCUT2D eigenvalue weighted by Gasteiger charge is -2.18. The number of benzene rings is 1. The number of hydrazone groups is 1. The predicted octanol–water partition coefficient (Wildman–Crippen LogP) is 3.13. The molecule has 0 aromatic heterocycles. The molecule has 1 aromatic rings. The SMILES string of the molecule is CC1=[N+]([O-])N(c2ccc(Cl)cc2)C(=O)C12CCCC2. The van der Waals surface area contributed by atoms with Crippen molar-refractivity contribution >= 4 is 28.9 Å². The van der Waals surface area contributed by atoms with Crippen molar-refractivity contribution in [2.24, 2.45) is 5.41 Å². The van der Waals surface area contributed by atoms with E-state index in [1.165, 1.54) is 5.01 Å².